The highest BCUT2D eigenvalue weighted by Crippen LogP contribution is 2.20. The first-order valence-corrected chi connectivity index (χ1v) is 6.21. The Morgan fingerprint density at radius 2 is 2.00 bits per heavy atom. The highest BCUT2D eigenvalue weighted by atomic mass is 19.2. The summed E-state index contributed by atoms with van der Waals surface area (Å²) in [6, 6.07) is 1.08. The minimum Gasteiger partial charge on any atom is -0.323 e. The molecule has 1 fully saturated rings. The molecule has 2 N–H and O–H groups in total. The van der Waals surface area contributed by atoms with E-state index in [2.05, 4.69) is 10.6 Å². The van der Waals surface area contributed by atoms with Crippen LogP contribution in [0.15, 0.2) is 12.1 Å². The molecule has 0 aliphatic carbocycles. The molecule has 0 spiro atoms. The minimum absolute atomic E-state index is 0.196. The van der Waals surface area contributed by atoms with Gasteiger partial charge in [0.2, 0.25) is 5.91 Å². The fourth-order valence-corrected chi connectivity index (χ4v) is 2.18. The lowest BCUT2D eigenvalue weighted by Crippen LogP contribution is -2.32. The highest BCUT2D eigenvalue weighted by molar-refractivity contribution is 5.91. The van der Waals surface area contributed by atoms with Gasteiger partial charge in [-0.15, -0.1) is 0 Å². The van der Waals surface area contributed by atoms with Crippen LogP contribution in [0.1, 0.15) is 19.3 Å². The van der Waals surface area contributed by atoms with Crippen LogP contribution in [0.4, 0.5) is 18.9 Å². The Bertz CT molecular complexity index is 473. The highest BCUT2D eigenvalue weighted by Gasteiger charge is 2.18. The van der Waals surface area contributed by atoms with E-state index in [4.69, 9.17) is 0 Å². The number of carbonyl (C=O) groups excluding carboxylic acids is 1. The van der Waals surface area contributed by atoms with Crippen molar-refractivity contribution in [1.29, 1.82) is 0 Å². The van der Waals surface area contributed by atoms with Crippen LogP contribution in [-0.2, 0) is 4.79 Å². The van der Waals surface area contributed by atoms with Gasteiger partial charge in [-0.1, -0.05) is 0 Å². The Labute approximate surface area is 109 Å². The molecular formula is C13H15F3N2O. The number of hydrogen-bond acceptors (Lipinski definition) is 2. The summed E-state index contributed by atoms with van der Waals surface area (Å²) >= 11 is 0. The molecule has 1 heterocycles. The Balaban J connectivity index is 1.96. The number of piperidine rings is 1. The standard InChI is InChI=1S/C13H15F3N2O/c14-9-5-11(16)12(6-10(9)15)18-13(19)4-8-2-1-3-17-7-8/h5-6,8,17H,1-4,7H2,(H,18,19). The molecule has 0 aromatic heterocycles. The molecular weight excluding hydrogens is 257 g/mol. The van der Waals surface area contributed by atoms with Crippen LogP contribution < -0.4 is 10.6 Å². The second-order valence-electron chi connectivity index (χ2n) is 4.71. The number of halogens is 3. The predicted octanol–water partition coefficient (Wildman–Crippen LogP) is 2.43. The maximum atomic E-state index is 13.3. The van der Waals surface area contributed by atoms with Gasteiger partial charge in [-0.2, -0.15) is 0 Å². The zero-order chi connectivity index (χ0) is 13.8. The molecule has 0 radical (unpaired) electrons. The number of anilines is 1. The van der Waals surface area contributed by atoms with Gasteiger partial charge >= 0.3 is 0 Å². The zero-order valence-corrected chi connectivity index (χ0v) is 10.3. The average molecular weight is 272 g/mol. The van der Waals surface area contributed by atoms with E-state index in [1.54, 1.807) is 0 Å². The normalized spacial score (nSPS) is 19.2. The fourth-order valence-electron chi connectivity index (χ4n) is 2.18. The first kappa shape index (κ1) is 13.9. The lowest BCUT2D eigenvalue weighted by Gasteiger charge is -2.22. The number of carbonyl (C=O) groups is 1. The zero-order valence-electron chi connectivity index (χ0n) is 10.3. The monoisotopic (exact) mass is 272 g/mol. The molecule has 0 saturated carbocycles. The van der Waals surface area contributed by atoms with Gasteiger partial charge in [0.1, 0.15) is 5.82 Å². The van der Waals surface area contributed by atoms with Gasteiger partial charge in [0.25, 0.3) is 0 Å². The van der Waals surface area contributed by atoms with Crippen molar-refractivity contribution in [3.05, 3.63) is 29.6 Å². The maximum Gasteiger partial charge on any atom is 0.224 e. The van der Waals surface area contributed by atoms with Gasteiger partial charge in [-0.25, -0.2) is 13.2 Å². The molecule has 1 atom stereocenters. The summed E-state index contributed by atoms with van der Waals surface area (Å²) in [6.07, 6.45) is 2.17. The maximum absolute atomic E-state index is 13.3. The van der Waals surface area contributed by atoms with Crippen molar-refractivity contribution in [2.24, 2.45) is 5.92 Å². The lowest BCUT2D eigenvalue weighted by atomic mass is 9.96. The van der Waals surface area contributed by atoms with Gasteiger partial charge in [0, 0.05) is 18.6 Å². The van der Waals surface area contributed by atoms with Crippen LogP contribution in [0, 0.1) is 23.4 Å². The average Bonchev–Trinajstić information content (AvgIpc) is 2.37. The van der Waals surface area contributed by atoms with Crippen LogP contribution in [-0.4, -0.2) is 19.0 Å². The molecule has 0 bridgehead atoms. The second-order valence-corrected chi connectivity index (χ2v) is 4.71. The quantitative estimate of drug-likeness (QED) is 0.830. The van der Waals surface area contributed by atoms with Gasteiger partial charge in [-0.05, 0) is 31.8 Å². The first-order valence-electron chi connectivity index (χ1n) is 6.21. The number of rotatable bonds is 3. The van der Waals surface area contributed by atoms with Crippen molar-refractivity contribution >= 4 is 11.6 Å². The van der Waals surface area contributed by atoms with Gasteiger partial charge < -0.3 is 10.6 Å². The van der Waals surface area contributed by atoms with Crippen LogP contribution >= 0.6 is 0 Å². The lowest BCUT2D eigenvalue weighted by molar-refractivity contribution is -0.117. The molecule has 1 aliphatic rings. The van der Waals surface area contributed by atoms with E-state index in [1.165, 1.54) is 0 Å². The third-order valence-electron chi connectivity index (χ3n) is 3.16. The van der Waals surface area contributed by atoms with E-state index in [9.17, 15) is 18.0 Å². The first-order chi connectivity index (χ1) is 9.06. The van der Waals surface area contributed by atoms with Gasteiger partial charge in [-0.3, -0.25) is 4.79 Å². The predicted molar refractivity (Wildman–Crippen MR) is 65.2 cm³/mol. The molecule has 2 rings (SSSR count). The Morgan fingerprint density at radius 3 is 2.68 bits per heavy atom. The summed E-state index contributed by atoms with van der Waals surface area (Å²) < 4.78 is 39.0. The van der Waals surface area contributed by atoms with Crippen LogP contribution in [0.5, 0.6) is 0 Å². The van der Waals surface area contributed by atoms with Crippen molar-refractivity contribution < 1.29 is 18.0 Å². The van der Waals surface area contributed by atoms with E-state index >= 15 is 0 Å². The molecule has 1 aromatic carbocycles. The fraction of sp³-hybridized carbons (Fsp3) is 0.462. The van der Waals surface area contributed by atoms with Crippen molar-refractivity contribution in [2.75, 3.05) is 18.4 Å². The van der Waals surface area contributed by atoms with E-state index < -0.39 is 23.4 Å². The summed E-state index contributed by atoms with van der Waals surface area (Å²) in [5, 5.41) is 5.45. The van der Waals surface area contributed by atoms with Crippen molar-refractivity contribution in [1.82, 2.24) is 5.32 Å². The van der Waals surface area contributed by atoms with Crippen LogP contribution in [0.2, 0.25) is 0 Å². The molecule has 1 aromatic rings. The summed E-state index contributed by atoms with van der Waals surface area (Å²) in [7, 11) is 0. The second kappa shape index (κ2) is 6.06. The number of benzene rings is 1. The SMILES string of the molecule is O=C(CC1CCCNC1)Nc1cc(F)c(F)cc1F. The number of nitrogens with one attached hydrogen (secondary N) is 2. The molecule has 3 nitrogen and oxygen atoms in total. The topological polar surface area (TPSA) is 41.1 Å². The molecule has 1 aliphatic heterocycles. The number of amides is 1. The largest absolute Gasteiger partial charge is 0.323 e. The summed E-state index contributed by atoms with van der Waals surface area (Å²) in [5.74, 6) is -3.63. The van der Waals surface area contributed by atoms with E-state index in [-0.39, 0.29) is 18.0 Å². The van der Waals surface area contributed by atoms with E-state index in [1.807, 2.05) is 0 Å². The Hall–Kier alpha value is -1.56. The molecule has 19 heavy (non-hydrogen) atoms. The number of hydrogen-bond donors (Lipinski definition) is 2. The molecule has 1 unspecified atom stereocenters. The van der Waals surface area contributed by atoms with Gasteiger partial charge in [0.05, 0.1) is 5.69 Å². The van der Waals surface area contributed by atoms with Gasteiger partial charge in [0.15, 0.2) is 11.6 Å². The minimum atomic E-state index is -1.27. The summed E-state index contributed by atoms with van der Waals surface area (Å²) in [6.45, 7) is 1.68. The molecule has 1 saturated heterocycles. The molecule has 104 valence electrons. The van der Waals surface area contributed by atoms with Crippen LogP contribution in [0.25, 0.3) is 0 Å². The van der Waals surface area contributed by atoms with Crippen LogP contribution in [0.3, 0.4) is 0 Å². The van der Waals surface area contributed by atoms with E-state index in [0.29, 0.717) is 12.1 Å². The van der Waals surface area contributed by atoms with Crippen molar-refractivity contribution in [2.45, 2.75) is 19.3 Å². The molecule has 6 heteroatoms. The Morgan fingerprint density at radius 1 is 1.26 bits per heavy atom. The third kappa shape index (κ3) is 3.70. The smallest absolute Gasteiger partial charge is 0.224 e. The summed E-state index contributed by atoms with van der Waals surface area (Å²) in [4.78, 5) is 11.7. The van der Waals surface area contributed by atoms with Crippen molar-refractivity contribution in [3.63, 3.8) is 0 Å². The Kier molecular flexibility index (Phi) is 4.42. The summed E-state index contributed by atoms with van der Waals surface area (Å²) in [5.41, 5.74) is -0.326. The molecule has 1 amide bonds. The third-order valence-corrected chi connectivity index (χ3v) is 3.16. The van der Waals surface area contributed by atoms with Crippen molar-refractivity contribution in [3.8, 4) is 0 Å². The van der Waals surface area contributed by atoms with E-state index in [0.717, 1.165) is 25.9 Å².